The first-order valence-corrected chi connectivity index (χ1v) is 9.83. The highest BCUT2D eigenvalue weighted by molar-refractivity contribution is 5.85. The molecule has 0 saturated carbocycles. The molecular weight excluding hydrogens is 400 g/mol. The topological polar surface area (TPSA) is 75.2 Å². The van der Waals surface area contributed by atoms with Gasteiger partial charge in [0.2, 0.25) is 17.8 Å². The van der Waals surface area contributed by atoms with Gasteiger partial charge >= 0.3 is 0 Å². The minimum atomic E-state index is 0. The lowest BCUT2D eigenvalue weighted by atomic mass is 10.1. The number of benzene rings is 2. The predicted octanol–water partition coefficient (Wildman–Crippen LogP) is 4.54. The van der Waals surface area contributed by atoms with Gasteiger partial charge in [-0.05, 0) is 61.7 Å². The Morgan fingerprint density at radius 3 is 2.10 bits per heavy atom. The number of halogens is 1. The molecular formula is C22H27ClN6O. The third kappa shape index (κ3) is 5.37. The molecule has 1 aliphatic heterocycles. The molecule has 158 valence electrons. The number of anilines is 5. The van der Waals surface area contributed by atoms with Gasteiger partial charge < -0.3 is 20.3 Å². The van der Waals surface area contributed by atoms with E-state index in [2.05, 4.69) is 75.5 Å². The van der Waals surface area contributed by atoms with Gasteiger partial charge in [0.25, 0.3) is 0 Å². The lowest BCUT2D eigenvalue weighted by Gasteiger charge is -2.27. The lowest BCUT2D eigenvalue weighted by molar-refractivity contribution is 0.122. The molecule has 0 atom stereocenters. The fourth-order valence-corrected chi connectivity index (χ4v) is 3.18. The highest BCUT2D eigenvalue weighted by Crippen LogP contribution is 2.22. The Labute approximate surface area is 183 Å². The van der Waals surface area contributed by atoms with E-state index in [0.717, 1.165) is 24.5 Å². The molecule has 1 fully saturated rings. The Bertz CT molecular complexity index is 1010. The van der Waals surface area contributed by atoms with Crippen molar-refractivity contribution in [3.8, 4) is 0 Å². The first-order valence-electron chi connectivity index (χ1n) is 9.83. The molecule has 2 heterocycles. The molecule has 0 bridgehead atoms. The Morgan fingerprint density at radius 2 is 1.47 bits per heavy atom. The van der Waals surface area contributed by atoms with E-state index < -0.39 is 0 Å². The van der Waals surface area contributed by atoms with E-state index in [4.69, 9.17) is 4.74 Å². The van der Waals surface area contributed by atoms with Gasteiger partial charge in [-0.1, -0.05) is 18.2 Å². The number of morpholine rings is 1. The van der Waals surface area contributed by atoms with Crippen LogP contribution in [0.2, 0.25) is 0 Å². The van der Waals surface area contributed by atoms with E-state index in [1.807, 2.05) is 18.2 Å². The summed E-state index contributed by atoms with van der Waals surface area (Å²) >= 11 is 0. The standard InChI is InChI=1S/C22H26N6O.ClH/c1-15-5-4-6-18(13-15)23-20-25-21(24-19-8-7-16(2)17(3)14-19)27-22(26-20)28-9-11-29-12-10-28;/h4-8,13-14H,9-12H2,1-3H3,(H2,23,24,25,26,27);1H. The monoisotopic (exact) mass is 426 g/mol. The predicted molar refractivity (Wildman–Crippen MR) is 124 cm³/mol. The zero-order valence-corrected chi connectivity index (χ0v) is 18.3. The van der Waals surface area contributed by atoms with Crippen LogP contribution in [0.1, 0.15) is 16.7 Å². The fraction of sp³-hybridized carbons (Fsp3) is 0.318. The molecule has 2 N–H and O–H groups in total. The van der Waals surface area contributed by atoms with Crippen LogP contribution in [0.15, 0.2) is 42.5 Å². The van der Waals surface area contributed by atoms with E-state index in [9.17, 15) is 0 Å². The van der Waals surface area contributed by atoms with Crippen LogP contribution in [-0.2, 0) is 4.74 Å². The van der Waals surface area contributed by atoms with Crippen LogP contribution in [-0.4, -0.2) is 41.3 Å². The number of nitrogens with one attached hydrogen (secondary N) is 2. The molecule has 30 heavy (non-hydrogen) atoms. The summed E-state index contributed by atoms with van der Waals surface area (Å²) in [4.78, 5) is 16.0. The summed E-state index contributed by atoms with van der Waals surface area (Å²) in [6.07, 6.45) is 0. The van der Waals surface area contributed by atoms with Crippen LogP contribution < -0.4 is 15.5 Å². The molecule has 8 heteroatoms. The van der Waals surface area contributed by atoms with Crippen molar-refractivity contribution in [1.29, 1.82) is 0 Å². The van der Waals surface area contributed by atoms with Crippen LogP contribution in [0.25, 0.3) is 0 Å². The molecule has 0 aliphatic carbocycles. The molecule has 2 aromatic carbocycles. The highest BCUT2D eigenvalue weighted by Gasteiger charge is 2.17. The molecule has 1 aromatic heterocycles. The van der Waals surface area contributed by atoms with Gasteiger partial charge in [0.1, 0.15) is 0 Å². The summed E-state index contributed by atoms with van der Waals surface area (Å²) in [6.45, 7) is 9.12. The molecule has 3 aromatic rings. The van der Waals surface area contributed by atoms with Crippen molar-refractivity contribution >= 4 is 41.6 Å². The molecule has 0 radical (unpaired) electrons. The normalized spacial score (nSPS) is 13.5. The third-order valence-electron chi connectivity index (χ3n) is 4.95. The first kappa shape index (κ1) is 21.8. The molecule has 0 unspecified atom stereocenters. The quantitative estimate of drug-likeness (QED) is 0.620. The maximum Gasteiger partial charge on any atom is 0.233 e. The molecule has 4 rings (SSSR count). The number of ether oxygens (including phenoxy) is 1. The van der Waals surface area contributed by atoms with Crippen LogP contribution in [0.5, 0.6) is 0 Å². The van der Waals surface area contributed by atoms with E-state index >= 15 is 0 Å². The van der Waals surface area contributed by atoms with E-state index in [-0.39, 0.29) is 12.4 Å². The number of rotatable bonds is 5. The van der Waals surface area contributed by atoms with E-state index in [1.54, 1.807) is 0 Å². The van der Waals surface area contributed by atoms with Gasteiger partial charge in [-0.3, -0.25) is 0 Å². The van der Waals surface area contributed by atoms with Crippen molar-refractivity contribution < 1.29 is 4.74 Å². The Balaban J connectivity index is 0.00000256. The third-order valence-corrected chi connectivity index (χ3v) is 4.95. The van der Waals surface area contributed by atoms with Crippen molar-refractivity contribution in [2.45, 2.75) is 20.8 Å². The molecule has 0 amide bonds. The Kier molecular flexibility index (Phi) is 7.07. The highest BCUT2D eigenvalue weighted by atomic mass is 35.5. The van der Waals surface area contributed by atoms with Gasteiger partial charge in [0, 0.05) is 24.5 Å². The van der Waals surface area contributed by atoms with E-state index in [0.29, 0.717) is 31.1 Å². The fourth-order valence-electron chi connectivity index (χ4n) is 3.18. The second-order valence-electron chi connectivity index (χ2n) is 7.30. The van der Waals surface area contributed by atoms with Crippen LogP contribution in [0.3, 0.4) is 0 Å². The zero-order chi connectivity index (χ0) is 20.2. The summed E-state index contributed by atoms with van der Waals surface area (Å²) in [7, 11) is 0. The SMILES string of the molecule is Cc1cccc(Nc2nc(Nc3ccc(C)c(C)c3)nc(N3CCOCC3)n2)c1.Cl. The smallest absolute Gasteiger partial charge is 0.233 e. The van der Waals surface area contributed by atoms with Crippen molar-refractivity contribution in [3.63, 3.8) is 0 Å². The van der Waals surface area contributed by atoms with Crippen molar-refractivity contribution in [2.75, 3.05) is 41.8 Å². The average Bonchev–Trinajstić information content (AvgIpc) is 2.71. The number of hydrogen-bond acceptors (Lipinski definition) is 7. The number of hydrogen-bond donors (Lipinski definition) is 2. The van der Waals surface area contributed by atoms with Gasteiger partial charge in [-0.15, -0.1) is 12.4 Å². The zero-order valence-electron chi connectivity index (χ0n) is 17.5. The average molecular weight is 427 g/mol. The number of aryl methyl sites for hydroxylation is 3. The summed E-state index contributed by atoms with van der Waals surface area (Å²) in [5.74, 6) is 1.67. The van der Waals surface area contributed by atoms with Crippen LogP contribution >= 0.6 is 12.4 Å². The summed E-state index contributed by atoms with van der Waals surface area (Å²) in [5, 5.41) is 6.64. The van der Waals surface area contributed by atoms with Gasteiger partial charge in [0.05, 0.1) is 13.2 Å². The summed E-state index contributed by atoms with van der Waals surface area (Å²) in [6, 6.07) is 14.4. The summed E-state index contributed by atoms with van der Waals surface area (Å²) < 4.78 is 5.47. The van der Waals surface area contributed by atoms with Gasteiger partial charge in [0.15, 0.2) is 0 Å². The maximum absolute atomic E-state index is 5.47. The maximum atomic E-state index is 5.47. The Morgan fingerprint density at radius 1 is 0.800 bits per heavy atom. The van der Waals surface area contributed by atoms with Gasteiger partial charge in [-0.2, -0.15) is 15.0 Å². The minimum Gasteiger partial charge on any atom is -0.378 e. The van der Waals surface area contributed by atoms with Crippen LogP contribution in [0.4, 0.5) is 29.2 Å². The number of aromatic nitrogens is 3. The van der Waals surface area contributed by atoms with Crippen molar-refractivity contribution in [3.05, 3.63) is 59.2 Å². The second-order valence-corrected chi connectivity index (χ2v) is 7.30. The Hall–Kier alpha value is -2.90. The molecule has 7 nitrogen and oxygen atoms in total. The molecule has 1 saturated heterocycles. The van der Waals surface area contributed by atoms with E-state index in [1.165, 1.54) is 16.7 Å². The van der Waals surface area contributed by atoms with Crippen LogP contribution in [0, 0.1) is 20.8 Å². The lowest BCUT2D eigenvalue weighted by Crippen LogP contribution is -2.37. The minimum absolute atomic E-state index is 0. The first-order chi connectivity index (χ1) is 14.1. The molecule has 1 aliphatic rings. The van der Waals surface area contributed by atoms with Crippen molar-refractivity contribution in [2.24, 2.45) is 0 Å². The summed E-state index contributed by atoms with van der Waals surface area (Å²) in [5.41, 5.74) is 5.54. The molecule has 0 spiro atoms. The largest absolute Gasteiger partial charge is 0.378 e. The van der Waals surface area contributed by atoms with Crippen molar-refractivity contribution in [1.82, 2.24) is 15.0 Å². The number of nitrogens with zero attached hydrogens (tertiary/aromatic N) is 4. The van der Waals surface area contributed by atoms with Gasteiger partial charge in [-0.25, -0.2) is 0 Å². The second kappa shape index (κ2) is 9.73.